The molecule has 0 bridgehead atoms. The summed E-state index contributed by atoms with van der Waals surface area (Å²) in [5, 5.41) is 3.38. The van der Waals surface area contributed by atoms with Gasteiger partial charge in [0.1, 0.15) is 11.5 Å². The van der Waals surface area contributed by atoms with Crippen LogP contribution in [0.15, 0.2) is 48.5 Å². The van der Waals surface area contributed by atoms with E-state index in [9.17, 15) is 4.79 Å². The van der Waals surface area contributed by atoms with Gasteiger partial charge in [0.05, 0.1) is 11.1 Å². The average molecular weight is 374 g/mol. The van der Waals surface area contributed by atoms with E-state index in [0.717, 1.165) is 24.3 Å². The lowest BCUT2D eigenvalue weighted by Gasteiger charge is -2.18. The molecule has 1 aliphatic rings. The van der Waals surface area contributed by atoms with Crippen LogP contribution in [0.3, 0.4) is 0 Å². The van der Waals surface area contributed by atoms with Crippen LogP contribution in [0, 0.1) is 0 Å². The van der Waals surface area contributed by atoms with Crippen LogP contribution in [0.1, 0.15) is 39.0 Å². The number of benzene rings is 2. The summed E-state index contributed by atoms with van der Waals surface area (Å²) in [6.07, 6.45) is 4.98. The van der Waals surface area contributed by atoms with Gasteiger partial charge in [-0.2, -0.15) is 0 Å². The van der Waals surface area contributed by atoms with E-state index in [1.54, 1.807) is 12.1 Å². The number of carbonyl (C=O) groups excluding carboxylic acids is 1. The highest BCUT2D eigenvalue weighted by atomic mass is 35.5. The number of anilines is 1. The summed E-state index contributed by atoms with van der Waals surface area (Å²) >= 11 is 6.11. The van der Waals surface area contributed by atoms with Gasteiger partial charge in [0.25, 0.3) is 5.91 Å². The van der Waals surface area contributed by atoms with Crippen molar-refractivity contribution < 1.29 is 14.3 Å². The van der Waals surface area contributed by atoms with E-state index in [1.807, 2.05) is 43.3 Å². The maximum absolute atomic E-state index is 12.5. The van der Waals surface area contributed by atoms with Crippen molar-refractivity contribution in [1.82, 2.24) is 0 Å². The summed E-state index contributed by atoms with van der Waals surface area (Å²) in [5.74, 6) is 1.16. The van der Waals surface area contributed by atoms with Crippen molar-refractivity contribution in [2.75, 3.05) is 5.32 Å². The monoisotopic (exact) mass is 373 g/mol. The number of carbonyl (C=O) groups is 1. The lowest BCUT2D eigenvalue weighted by atomic mass is 10.2. The Morgan fingerprint density at radius 3 is 2.50 bits per heavy atom. The van der Waals surface area contributed by atoms with Gasteiger partial charge in [0.2, 0.25) is 0 Å². The smallest absolute Gasteiger partial charge is 0.265 e. The molecular formula is C21H24ClNO3. The molecule has 5 heteroatoms. The minimum atomic E-state index is -0.607. The molecule has 1 fully saturated rings. The molecule has 4 nitrogen and oxygen atoms in total. The lowest BCUT2D eigenvalue weighted by molar-refractivity contribution is -0.122. The highest BCUT2D eigenvalue weighted by molar-refractivity contribution is 6.32. The van der Waals surface area contributed by atoms with E-state index < -0.39 is 6.10 Å². The Labute approximate surface area is 159 Å². The molecule has 3 rings (SSSR count). The molecule has 0 spiro atoms. The van der Waals surface area contributed by atoms with Crippen molar-refractivity contribution in [1.29, 1.82) is 0 Å². The molecule has 0 radical (unpaired) electrons. The summed E-state index contributed by atoms with van der Waals surface area (Å²) in [5.41, 5.74) is 0.718. The van der Waals surface area contributed by atoms with E-state index in [-0.39, 0.29) is 5.91 Å². The summed E-state index contributed by atoms with van der Waals surface area (Å²) < 4.78 is 11.7. The zero-order valence-electron chi connectivity index (χ0n) is 14.9. The Morgan fingerprint density at radius 2 is 1.85 bits per heavy atom. The predicted octanol–water partition coefficient (Wildman–Crippen LogP) is 5.46. The first-order chi connectivity index (χ1) is 12.7. The van der Waals surface area contributed by atoms with Crippen molar-refractivity contribution in [3.8, 4) is 11.5 Å². The van der Waals surface area contributed by atoms with Crippen molar-refractivity contribution in [2.24, 2.45) is 0 Å². The number of hydrogen-bond acceptors (Lipinski definition) is 3. The highest BCUT2D eigenvalue weighted by Crippen LogP contribution is 2.26. The maximum Gasteiger partial charge on any atom is 0.265 e. The first-order valence-electron chi connectivity index (χ1n) is 9.14. The molecule has 1 atom stereocenters. The van der Waals surface area contributed by atoms with Crippen molar-refractivity contribution >= 4 is 23.2 Å². The normalized spacial score (nSPS) is 15.5. The molecular weight excluding hydrogens is 350 g/mol. The number of rotatable bonds is 7. The molecule has 0 heterocycles. The lowest BCUT2D eigenvalue weighted by Crippen LogP contribution is -2.32. The maximum atomic E-state index is 12.5. The minimum Gasteiger partial charge on any atom is -0.490 e. The van der Waals surface area contributed by atoms with E-state index in [1.165, 1.54) is 12.8 Å². The molecule has 0 aliphatic heterocycles. The molecule has 1 saturated carbocycles. The average Bonchev–Trinajstić information content (AvgIpc) is 3.15. The van der Waals surface area contributed by atoms with Gasteiger partial charge >= 0.3 is 0 Å². The second kappa shape index (κ2) is 8.95. The molecule has 1 aliphatic carbocycles. The zero-order valence-corrected chi connectivity index (χ0v) is 15.7. The molecule has 2 aromatic rings. The molecule has 0 unspecified atom stereocenters. The summed E-state index contributed by atoms with van der Waals surface area (Å²) in [7, 11) is 0. The number of ether oxygens (including phenoxy) is 2. The minimum absolute atomic E-state index is 0.197. The highest BCUT2D eigenvalue weighted by Gasteiger charge is 2.20. The molecule has 1 amide bonds. The first kappa shape index (κ1) is 18.6. The van der Waals surface area contributed by atoms with Crippen LogP contribution in [-0.4, -0.2) is 18.1 Å². The molecule has 26 heavy (non-hydrogen) atoms. The van der Waals surface area contributed by atoms with Gasteiger partial charge < -0.3 is 14.8 Å². The van der Waals surface area contributed by atoms with Crippen LogP contribution >= 0.6 is 11.6 Å². The fourth-order valence-corrected chi connectivity index (χ4v) is 3.23. The number of hydrogen-bond donors (Lipinski definition) is 1. The van der Waals surface area contributed by atoms with Crippen molar-refractivity contribution in [3.63, 3.8) is 0 Å². The Bertz CT molecular complexity index is 726. The van der Waals surface area contributed by atoms with Gasteiger partial charge in [0.15, 0.2) is 6.10 Å². The molecule has 138 valence electrons. The van der Waals surface area contributed by atoms with Gasteiger partial charge in [-0.15, -0.1) is 0 Å². The molecule has 0 saturated heterocycles. The third-order valence-electron chi connectivity index (χ3n) is 4.50. The second-order valence-corrected chi connectivity index (χ2v) is 6.89. The number of nitrogens with one attached hydrogen (secondary N) is 1. The third-order valence-corrected chi connectivity index (χ3v) is 4.81. The van der Waals surface area contributed by atoms with Gasteiger partial charge in [0, 0.05) is 5.69 Å². The second-order valence-electron chi connectivity index (χ2n) is 6.48. The summed E-state index contributed by atoms with van der Waals surface area (Å²) in [6, 6.07) is 14.6. The largest absolute Gasteiger partial charge is 0.490 e. The Kier molecular flexibility index (Phi) is 6.40. The van der Waals surface area contributed by atoms with Gasteiger partial charge in [-0.3, -0.25) is 4.79 Å². The van der Waals surface area contributed by atoms with Crippen molar-refractivity contribution in [3.05, 3.63) is 53.6 Å². The summed E-state index contributed by atoms with van der Waals surface area (Å²) in [4.78, 5) is 12.5. The van der Waals surface area contributed by atoms with E-state index >= 15 is 0 Å². The van der Waals surface area contributed by atoms with Gasteiger partial charge in [-0.05, 0) is 68.5 Å². The zero-order chi connectivity index (χ0) is 18.4. The van der Waals surface area contributed by atoms with Crippen LogP contribution in [-0.2, 0) is 4.79 Å². The molecule has 2 aromatic carbocycles. The third kappa shape index (κ3) is 4.92. The van der Waals surface area contributed by atoms with E-state index in [2.05, 4.69) is 5.32 Å². The number of amides is 1. The predicted molar refractivity (Wildman–Crippen MR) is 104 cm³/mol. The van der Waals surface area contributed by atoms with Gasteiger partial charge in [-0.1, -0.05) is 30.7 Å². The fraction of sp³-hybridized carbons (Fsp3) is 0.381. The van der Waals surface area contributed by atoms with Crippen LogP contribution in [0.4, 0.5) is 5.69 Å². The molecule has 1 N–H and O–H groups in total. The SMILES string of the molecule is CC[C@H](Oc1ccccc1Cl)C(=O)Nc1ccc(OC2CCCC2)cc1. The fourth-order valence-electron chi connectivity index (χ4n) is 3.05. The first-order valence-corrected chi connectivity index (χ1v) is 9.52. The Balaban J connectivity index is 1.58. The van der Waals surface area contributed by atoms with E-state index in [4.69, 9.17) is 21.1 Å². The summed E-state index contributed by atoms with van der Waals surface area (Å²) in [6.45, 7) is 1.90. The van der Waals surface area contributed by atoms with Crippen LogP contribution in [0.5, 0.6) is 11.5 Å². The number of halogens is 1. The molecule has 0 aromatic heterocycles. The Hall–Kier alpha value is -2.20. The van der Waals surface area contributed by atoms with Crippen molar-refractivity contribution in [2.45, 2.75) is 51.2 Å². The van der Waals surface area contributed by atoms with Gasteiger partial charge in [-0.25, -0.2) is 0 Å². The van der Waals surface area contributed by atoms with Crippen LogP contribution in [0.2, 0.25) is 5.02 Å². The quantitative estimate of drug-likeness (QED) is 0.701. The Morgan fingerprint density at radius 1 is 1.15 bits per heavy atom. The number of para-hydroxylation sites is 1. The topological polar surface area (TPSA) is 47.6 Å². The van der Waals surface area contributed by atoms with Crippen LogP contribution < -0.4 is 14.8 Å². The standard InChI is InChI=1S/C21H24ClNO3/c1-2-19(26-20-10-6-5-9-18(20)22)21(24)23-15-11-13-17(14-12-15)25-16-7-3-4-8-16/h5-6,9-14,16,19H,2-4,7-8H2,1H3,(H,23,24)/t19-/m0/s1. The van der Waals surface area contributed by atoms with E-state index in [0.29, 0.717) is 23.3 Å². The van der Waals surface area contributed by atoms with Crippen LogP contribution in [0.25, 0.3) is 0 Å².